The Morgan fingerprint density at radius 1 is 1.00 bits per heavy atom. The van der Waals surface area contributed by atoms with Crippen molar-refractivity contribution in [1.82, 2.24) is 9.97 Å². The molecule has 0 amide bonds. The van der Waals surface area contributed by atoms with Gasteiger partial charge in [0.05, 0.1) is 17.4 Å². The van der Waals surface area contributed by atoms with E-state index in [9.17, 15) is 0 Å². The first-order valence-electron chi connectivity index (χ1n) is 6.39. The van der Waals surface area contributed by atoms with Gasteiger partial charge in [-0.2, -0.15) is 0 Å². The molecule has 2 aromatic heterocycles. The lowest BCUT2D eigenvalue weighted by Gasteiger charge is -2.02. The van der Waals surface area contributed by atoms with E-state index in [0.717, 1.165) is 22.2 Å². The predicted molar refractivity (Wildman–Crippen MR) is 98.5 cm³/mol. The Kier molecular flexibility index (Phi) is 6.56. The standard InChI is InChI=1S/C15H14N6.2ClH/c16-15(17)21-20-14(10-4-2-1-3-5-10)12-8-11-6-7-18-9-13(11)19-12;;/h1-9,19H,(H4,16,17,21);2*1H. The van der Waals surface area contributed by atoms with Crippen LogP contribution in [0.15, 0.2) is 65.1 Å². The number of aromatic nitrogens is 2. The molecule has 0 aliphatic rings. The van der Waals surface area contributed by atoms with Crippen molar-refractivity contribution in [3.63, 3.8) is 0 Å². The fourth-order valence-corrected chi connectivity index (χ4v) is 2.07. The van der Waals surface area contributed by atoms with Crippen molar-refractivity contribution >= 4 is 47.4 Å². The molecule has 8 heteroatoms. The highest BCUT2D eigenvalue weighted by molar-refractivity contribution is 6.13. The van der Waals surface area contributed by atoms with E-state index in [1.54, 1.807) is 12.4 Å². The molecule has 0 bridgehead atoms. The predicted octanol–water partition coefficient (Wildman–Crippen LogP) is 2.43. The zero-order valence-corrected chi connectivity index (χ0v) is 13.6. The Labute approximate surface area is 145 Å². The van der Waals surface area contributed by atoms with Gasteiger partial charge in [0, 0.05) is 17.1 Å². The molecule has 120 valence electrons. The number of benzene rings is 1. The van der Waals surface area contributed by atoms with Crippen molar-refractivity contribution in [2.75, 3.05) is 0 Å². The normalized spacial score (nSPS) is 10.5. The van der Waals surface area contributed by atoms with Crippen molar-refractivity contribution in [2.45, 2.75) is 0 Å². The third-order valence-corrected chi connectivity index (χ3v) is 2.99. The first-order chi connectivity index (χ1) is 10.2. The van der Waals surface area contributed by atoms with E-state index in [4.69, 9.17) is 11.5 Å². The number of aromatic amines is 1. The number of H-pyrrole nitrogens is 1. The summed E-state index contributed by atoms with van der Waals surface area (Å²) < 4.78 is 0. The van der Waals surface area contributed by atoms with Crippen molar-refractivity contribution in [1.29, 1.82) is 0 Å². The van der Waals surface area contributed by atoms with E-state index in [1.807, 2.05) is 42.5 Å². The van der Waals surface area contributed by atoms with Crippen LogP contribution in [0.2, 0.25) is 0 Å². The van der Waals surface area contributed by atoms with E-state index in [-0.39, 0.29) is 30.8 Å². The molecule has 3 aromatic rings. The van der Waals surface area contributed by atoms with Crippen molar-refractivity contribution in [2.24, 2.45) is 21.7 Å². The Bertz CT molecular complexity index is 789. The van der Waals surface area contributed by atoms with Crippen LogP contribution in [-0.4, -0.2) is 21.6 Å². The Morgan fingerprint density at radius 3 is 2.39 bits per heavy atom. The number of nitrogens with zero attached hydrogens (tertiary/aromatic N) is 3. The Hall–Kier alpha value is -2.57. The molecule has 3 rings (SSSR count). The number of hydrogen-bond acceptors (Lipinski definition) is 3. The van der Waals surface area contributed by atoms with Crippen LogP contribution in [0.25, 0.3) is 10.9 Å². The van der Waals surface area contributed by atoms with Gasteiger partial charge in [0.25, 0.3) is 0 Å². The van der Waals surface area contributed by atoms with Crippen LogP contribution in [0.1, 0.15) is 11.3 Å². The first kappa shape index (κ1) is 18.5. The smallest absolute Gasteiger partial charge is 0.211 e. The summed E-state index contributed by atoms with van der Waals surface area (Å²) in [6, 6.07) is 13.6. The number of nitrogens with two attached hydrogens (primary N) is 2. The summed E-state index contributed by atoms with van der Waals surface area (Å²) in [7, 11) is 0. The minimum atomic E-state index is -0.0822. The van der Waals surface area contributed by atoms with Crippen LogP contribution in [0.5, 0.6) is 0 Å². The van der Waals surface area contributed by atoms with Gasteiger partial charge in [-0.05, 0) is 12.1 Å². The summed E-state index contributed by atoms with van der Waals surface area (Å²) >= 11 is 0. The molecule has 0 spiro atoms. The van der Waals surface area contributed by atoms with Gasteiger partial charge in [-0.15, -0.1) is 35.0 Å². The topological polar surface area (TPSA) is 105 Å². The van der Waals surface area contributed by atoms with E-state index in [1.165, 1.54) is 0 Å². The summed E-state index contributed by atoms with van der Waals surface area (Å²) in [6.45, 7) is 0. The van der Waals surface area contributed by atoms with Gasteiger partial charge in [0.1, 0.15) is 5.71 Å². The number of pyridine rings is 1. The average molecular weight is 351 g/mol. The second kappa shape index (κ2) is 8.17. The lowest BCUT2D eigenvalue weighted by atomic mass is 10.1. The molecule has 1 aromatic carbocycles. The van der Waals surface area contributed by atoms with E-state index in [2.05, 4.69) is 20.2 Å². The maximum atomic E-state index is 5.37. The second-order valence-electron chi connectivity index (χ2n) is 4.49. The minimum absolute atomic E-state index is 0. The van der Waals surface area contributed by atoms with E-state index in [0.29, 0.717) is 5.71 Å². The number of hydrogen-bond donors (Lipinski definition) is 3. The molecule has 0 aliphatic carbocycles. The highest BCUT2D eigenvalue weighted by Crippen LogP contribution is 2.17. The van der Waals surface area contributed by atoms with Gasteiger partial charge in [-0.25, -0.2) is 0 Å². The lowest BCUT2D eigenvalue weighted by Crippen LogP contribution is -2.22. The van der Waals surface area contributed by atoms with Gasteiger partial charge < -0.3 is 16.5 Å². The molecule has 5 N–H and O–H groups in total. The van der Waals surface area contributed by atoms with Crippen LogP contribution >= 0.6 is 24.8 Å². The average Bonchev–Trinajstić information content (AvgIpc) is 2.92. The molecule has 0 saturated heterocycles. The van der Waals surface area contributed by atoms with E-state index >= 15 is 0 Å². The van der Waals surface area contributed by atoms with Crippen molar-refractivity contribution < 1.29 is 0 Å². The molecular weight excluding hydrogens is 335 g/mol. The Balaban J connectivity index is 0.00000132. The van der Waals surface area contributed by atoms with Gasteiger partial charge in [0.15, 0.2) is 0 Å². The van der Waals surface area contributed by atoms with Crippen molar-refractivity contribution in [3.05, 3.63) is 66.1 Å². The summed E-state index contributed by atoms with van der Waals surface area (Å²) in [5.74, 6) is -0.0822. The molecular formula is C15H16Cl2N6. The minimum Gasteiger partial charge on any atom is -0.369 e. The molecule has 23 heavy (non-hydrogen) atoms. The van der Waals surface area contributed by atoms with Crippen LogP contribution < -0.4 is 11.5 Å². The number of halogens is 2. The van der Waals surface area contributed by atoms with Crippen LogP contribution in [0.4, 0.5) is 0 Å². The third kappa shape index (κ3) is 4.21. The Morgan fingerprint density at radius 2 is 1.74 bits per heavy atom. The maximum absolute atomic E-state index is 5.37. The third-order valence-electron chi connectivity index (χ3n) is 2.99. The van der Waals surface area contributed by atoms with Crippen molar-refractivity contribution in [3.8, 4) is 0 Å². The number of rotatable bonds is 3. The largest absolute Gasteiger partial charge is 0.369 e. The maximum Gasteiger partial charge on any atom is 0.211 e. The van der Waals surface area contributed by atoms with Crippen LogP contribution in [0, 0.1) is 0 Å². The SMILES string of the molecule is Cl.Cl.NC(N)=NN=C(c1ccccc1)c1cc2ccncc2[nH]1. The first-order valence-corrected chi connectivity index (χ1v) is 6.39. The molecule has 0 atom stereocenters. The summed E-state index contributed by atoms with van der Waals surface area (Å²) in [6.07, 6.45) is 3.51. The quantitative estimate of drug-likeness (QED) is 0.383. The second-order valence-corrected chi connectivity index (χ2v) is 4.49. The fourth-order valence-electron chi connectivity index (χ4n) is 2.07. The van der Waals surface area contributed by atoms with Gasteiger partial charge in [-0.1, -0.05) is 30.3 Å². The molecule has 0 saturated carbocycles. The number of fused-ring (bicyclic) bond motifs is 1. The molecule has 0 radical (unpaired) electrons. The lowest BCUT2D eigenvalue weighted by molar-refractivity contribution is 1.19. The zero-order chi connectivity index (χ0) is 14.7. The molecule has 0 aliphatic heterocycles. The highest BCUT2D eigenvalue weighted by Gasteiger charge is 2.10. The fraction of sp³-hybridized carbons (Fsp3) is 0. The summed E-state index contributed by atoms with van der Waals surface area (Å²) in [5, 5.41) is 8.98. The summed E-state index contributed by atoms with van der Waals surface area (Å²) in [5.41, 5.74) is 14.1. The van der Waals surface area contributed by atoms with Crippen LogP contribution in [0.3, 0.4) is 0 Å². The summed E-state index contributed by atoms with van der Waals surface area (Å²) in [4.78, 5) is 7.37. The number of guanidine groups is 1. The molecule has 0 unspecified atom stereocenters. The van der Waals surface area contributed by atoms with Gasteiger partial charge >= 0.3 is 0 Å². The number of nitrogens with one attached hydrogen (secondary N) is 1. The highest BCUT2D eigenvalue weighted by atomic mass is 35.5. The van der Waals surface area contributed by atoms with Crippen LogP contribution in [-0.2, 0) is 0 Å². The van der Waals surface area contributed by atoms with E-state index < -0.39 is 0 Å². The van der Waals surface area contributed by atoms with Gasteiger partial charge in [-0.3, -0.25) is 4.98 Å². The zero-order valence-electron chi connectivity index (χ0n) is 12.0. The van der Waals surface area contributed by atoms with Gasteiger partial charge in [0.2, 0.25) is 5.96 Å². The molecule has 0 fully saturated rings. The molecule has 6 nitrogen and oxygen atoms in total. The molecule has 2 heterocycles. The monoisotopic (exact) mass is 350 g/mol.